The molecule has 0 N–H and O–H groups in total. The van der Waals surface area contributed by atoms with Gasteiger partial charge in [0, 0.05) is 0 Å². The summed E-state index contributed by atoms with van der Waals surface area (Å²) in [6.45, 7) is 12.6. The molecule has 2 heterocycles. The van der Waals surface area contributed by atoms with Crippen molar-refractivity contribution in [3.8, 4) is 0 Å². The molecule has 3 rings (SSSR count). The molecule has 0 spiro atoms. The minimum absolute atomic E-state index is 0.0886. The van der Waals surface area contributed by atoms with E-state index in [1.54, 1.807) is 10.9 Å². The fourth-order valence-corrected chi connectivity index (χ4v) is 12.3. The van der Waals surface area contributed by atoms with E-state index in [2.05, 4.69) is 52.8 Å². The first-order valence-corrected chi connectivity index (χ1v) is 11.8. The monoisotopic (exact) mass is 321 g/mol. The largest absolute Gasteiger partial charge is 0.209 e. The molecule has 1 aromatic carbocycles. The van der Waals surface area contributed by atoms with Gasteiger partial charge in [-0.05, 0) is 48.3 Å². The van der Waals surface area contributed by atoms with Crippen molar-refractivity contribution in [1.82, 2.24) is 0 Å². The van der Waals surface area contributed by atoms with Gasteiger partial charge in [-0.3, -0.25) is 0 Å². The predicted octanol–water partition coefficient (Wildman–Crippen LogP) is 6.20. The summed E-state index contributed by atoms with van der Waals surface area (Å²) >= 11 is 0. The average Bonchev–Trinajstić information content (AvgIpc) is 3.11. The van der Waals surface area contributed by atoms with E-state index in [1.807, 2.05) is 0 Å². The van der Waals surface area contributed by atoms with Gasteiger partial charge < -0.3 is 0 Å². The summed E-state index contributed by atoms with van der Waals surface area (Å²) < 4.78 is 0. The molecular weight excluding hydrogens is 290 g/mol. The third-order valence-electron chi connectivity index (χ3n) is 5.97. The van der Waals surface area contributed by atoms with Gasteiger partial charge in [-0.1, -0.05) is 48.2 Å². The summed E-state index contributed by atoms with van der Waals surface area (Å²) in [5.74, 6) is 0. The van der Waals surface area contributed by atoms with E-state index >= 15 is 0 Å². The molecule has 21 heavy (non-hydrogen) atoms. The lowest BCUT2D eigenvalue weighted by Crippen LogP contribution is -2.16. The molecule has 5 atom stereocenters. The molecule has 2 aliphatic rings. The molecular formula is C19H31P2-. The molecule has 2 aliphatic heterocycles. The second-order valence-electron chi connectivity index (χ2n) is 7.45. The summed E-state index contributed by atoms with van der Waals surface area (Å²) in [5.41, 5.74) is 6.38. The third-order valence-corrected chi connectivity index (χ3v) is 13.1. The van der Waals surface area contributed by atoms with E-state index in [0.717, 1.165) is 28.3 Å². The van der Waals surface area contributed by atoms with Crippen LogP contribution in [0.2, 0.25) is 0 Å². The zero-order valence-corrected chi connectivity index (χ0v) is 16.1. The highest BCUT2D eigenvalue weighted by molar-refractivity contribution is 7.67. The highest BCUT2D eigenvalue weighted by Gasteiger charge is 2.35. The maximum atomic E-state index is 2.55. The number of hydrogen-bond acceptors (Lipinski definition) is 0. The minimum atomic E-state index is 0.0886. The number of hydrogen-bond donors (Lipinski definition) is 0. The van der Waals surface area contributed by atoms with Gasteiger partial charge in [0.25, 0.3) is 0 Å². The van der Waals surface area contributed by atoms with Crippen molar-refractivity contribution in [2.24, 2.45) is 0 Å². The maximum Gasteiger partial charge on any atom is -0.0214 e. The molecule has 1 aromatic rings. The highest BCUT2D eigenvalue weighted by atomic mass is 31.1. The first-order chi connectivity index (χ1) is 10.0. The average molecular weight is 321 g/mol. The standard InChI is InChI=1S/C19H31P2/c1-13-9-10-14(2)20(13)17(5)18-7-6-8-19(18)21-15(3)11-12-16(21)4/h6-8,13-17H,9-12H2,1-5H3/q-1/t13-,14-,15-,16-,17-/m1/s1. The van der Waals surface area contributed by atoms with Crippen molar-refractivity contribution in [2.75, 3.05) is 0 Å². The van der Waals surface area contributed by atoms with Gasteiger partial charge in [0.05, 0.1) is 0 Å². The topological polar surface area (TPSA) is 0 Å². The Labute approximate surface area is 134 Å². The molecule has 118 valence electrons. The summed E-state index contributed by atoms with van der Waals surface area (Å²) in [7, 11) is 0.261. The first-order valence-electron chi connectivity index (χ1n) is 8.82. The Hall–Kier alpha value is 0.210. The van der Waals surface area contributed by atoms with Crippen molar-refractivity contribution in [1.29, 1.82) is 0 Å². The third kappa shape index (κ3) is 2.88. The van der Waals surface area contributed by atoms with Gasteiger partial charge >= 0.3 is 0 Å². The van der Waals surface area contributed by atoms with Gasteiger partial charge in [-0.2, -0.15) is 17.7 Å². The van der Waals surface area contributed by atoms with E-state index in [9.17, 15) is 0 Å². The van der Waals surface area contributed by atoms with Gasteiger partial charge in [0.2, 0.25) is 0 Å². The lowest BCUT2D eigenvalue weighted by molar-refractivity contribution is 0.777. The van der Waals surface area contributed by atoms with Crippen LogP contribution in [0, 0.1) is 0 Å². The summed E-state index contributed by atoms with van der Waals surface area (Å²) in [6.07, 6.45) is 5.84. The molecule has 2 heteroatoms. The minimum Gasteiger partial charge on any atom is -0.209 e. The van der Waals surface area contributed by atoms with Crippen LogP contribution in [0.3, 0.4) is 0 Å². The molecule has 0 unspecified atom stereocenters. The van der Waals surface area contributed by atoms with Crippen LogP contribution in [-0.4, -0.2) is 22.6 Å². The van der Waals surface area contributed by atoms with Crippen LogP contribution in [0.1, 0.15) is 71.5 Å². The molecule has 2 saturated heterocycles. The van der Waals surface area contributed by atoms with Gasteiger partial charge in [0.15, 0.2) is 0 Å². The fraction of sp³-hybridized carbons (Fsp3) is 0.737. The Morgan fingerprint density at radius 3 is 2.05 bits per heavy atom. The zero-order chi connectivity index (χ0) is 15.1. The lowest BCUT2D eigenvalue weighted by atomic mass is 10.2. The van der Waals surface area contributed by atoms with E-state index in [4.69, 9.17) is 0 Å². The lowest BCUT2D eigenvalue weighted by Gasteiger charge is -2.36. The SMILES string of the molecule is C[C@@H]1CC[C@@H](C)P1c1[cH-]ccc1[C@@H](C)P1[C@H](C)CC[C@H]1C. The van der Waals surface area contributed by atoms with Crippen LogP contribution in [0.5, 0.6) is 0 Å². The summed E-state index contributed by atoms with van der Waals surface area (Å²) in [6, 6.07) is 7.30. The Morgan fingerprint density at radius 2 is 1.48 bits per heavy atom. The van der Waals surface area contributed by atoms with Crippen LogP contribution < -0.4 is 5.30 Å². The molecule has 0 bridgehead atoms. The smallest absolute Gasteiger partial charge is 0.0214 e. The van der Waals surface area contributed by atoms with E-state index < -0.39 is 0 Å². The van der Waals surface area contributed by atoms with E-state index in [-0.39, 0.29) is 15.8 Å². The Bertz CT molecular complexity index is 458. The van der Waals surface area contributed by atoms with Crippen LogP contribution in [0.15, 0.2) is 18.2 Å². The van der Waals surface area contributed by atoms with Crippen molar-refractivity contribution in [3.63, 3.8) is 0 Å². The van der Waals surface area contributed by atoms with Gasteiger partial charge in [-0.25, -0.2) is 6.07 Å². The quantitative estimate of drug-likeness (QED) is 0.459. The Kier molecular flexibility index (Phi) is 4.88. The second kappa shape index (κ2) is 6.37. The predicted molar refractivity (Wildman–Crippen MR) is 100 cm³/mol. The first kappa shape index (κ1) is 16.1. The summed E-state index contributed by atoms with van der Waals surface area (Å²) in [4.78, 5) is 0. The van der Waals surface area contributed by atoms with Crippen molar-refractivity contribution in [2.45, 2.75) is 88.6 Å². The van der Waals surface area contributed by atoms with Crippen molar-refractivity contribution in [3.05, 3.63) is 23.8 Å². The molecule has 0 saturated carbocycles. The van der Waals surface area contributed by atoms with Crippen molar-refractivity contribution >= 4 is 21.1 Å². The molecule has 0 aromatic heterocycles. The van der Waals surface area contributed by atoms with Crippen molar-refractivity contribution < 1.29 is 0 Å². The molecule has 0 nitrogen and oxygen atoms in total. The zero-order valence-electron chi connectivity index (χ0n) is 14.3. The van der Waals surface area contributed by atoms with E-state index in [0.29, 0.717) is 0 Å². The Balaban J connectivity index is 1.88. The van der Waals surface area contributed by atoms with Gasteiger partial charge in [0.1, 0.15) is 0 Å². The van der Waals surface area contributed by atoms with Crippen LogP contribution in [-0.2, 0) is 0 Å². The second-order valence-corrected chi connectivity index (χ2v) is 13.9. The summed E-state index contributed by atoms with van der Waals surface area (Å²) in [5, 5.41) is 1.78. The van der Waals surface area contributed by atoms with E-state index in [1.165, 1.54) is 25.7 Å². The highest BCUT2D eigenvalue weighted by Crippen LogP contribution is 2.65. The van der Waals surface area contributed by atoms with Crippen LogP contribution >= 0.6 is 15.8 Å². The van der Waals surface area contributed by atoms with Crippen LogP contribution in [0.4, 0.5) is 0 Å². The van der Waals surface area contributed by atoms with Gasteiger partial charge in [-0.15, -0.1) is 13.2 Å². The normalized spacial score (nSPS) is 36.4. The molecule has 0 radical (unpaired) electrons. The van der Waals surface area contributed by atoms with Crippen LogP contribution in [0.25, 0.3) is 0 Å². The molecule has 0 amide bonds. The molecule has 2 fully saturated rings. The maximum absolute atomic E-state index is 2.55. The number of rotatable bonds is 3. The molecule has 0 aliphatic carbocycles. The fourth-order valence-electron chi connectivity index (χ4n) is 4.82. The Morgan fingerprint density at radius 1 is 0.952 bits per heavy atom.